The normalized spacial score (nSPS) is 19.4. The van der Waals surface area contributed by atoms with Crippen LogP contribution in [0.15, 0.2) is 186 Å². The molecule has 8 aromatic carbocycles. The zero-order chi connectivity index (χ0) is 54.7. The van der Waals surface area contributed by atoms with Gasteiger partial charge in [-0.25, -0.2) is 0 Å². The molecule has 0 aliphatic rings. The molecule has 1 aromatic heterocycles. The second-order valence-electron chi connectivity index (χ2n) is 10.0. The molecule has 1 nitrogen and oxygen atoms in total. The van der Waals surface area contributed by atoms with E-state index in [4.69, 9.17) is 33.2 Å². The first-order valence-electron chi connectivity index (χ1n) is 27.4. The third-order valence-electron chi connectivity index (χ3n) is 7.46. The summed E-state index contributed by atoms with van der Waals surface area (Å²) >= 11 is 0. The molecule has 0 N–H and O–H groups in total. The van der Waals surface area contributed by atoms with Gasteiger partial charge in [0.2, 0.25) is 0 Å². The minimum Gasteiger partial charge on any atom is -0.455 e. The number of hydrogen-bond acceptors (Lipinski definition) is 1. The van der Waals surface area contributed by atoms with E-state index in [1.165, 1.54) is 12.1 Å². The average Bonchev–Trinajstić information content (AvgIpc) is 3.74. The Morgan fingerprint density at radius 3 is 1.40 bits per heavy atom. The zero-order valence-corrected chi connectivity index (χ0v) is 23.6. The average molecular weight is 626 g/mol. The molecule has 0 aliphatic carbocycles. The van der Waals surface area contributed by atoms with Gasteiger partial charge in [0.1, 0.15) is 11.3 Å². The van der Waals surface area contributed by atoms with Crippen LogP contribution in [0.1, 0.15) is 37.0 Å². The molecule has 0 aliphatic heterocycles. The van der Waals surface area contributed by atoms with Crippen molar-refractivity contribution in [3.63, 3.8) is 0 Å². The number of hydrogen-bond donors (Lipinski definition) is 0. The molecule has 1 heteroatoms. The molecule has 0 saturated carbocycles. The molecule has 0 bridgehead atoms. The molecule has 9 rings (SSSR count). The maximum Gasteiger partial charge on any atom is 0.143 e. The van der Waals surface area contributed by atoms with Crippen LogP contribution in [0, 0.1) is 0 Å². The number of fused-ring (bicyclic) bond motifs is 3. The van der Waals surface area contributed by atoms with Gasteiger partial charge >= 0.3 is 0 Å². The van der Waals surface area contributed by atoms with Crippen molar-refractivity contribution in [2.24, 2.45) is 0 Å². The molecule has 0 unspecified atom stereocenters. The van der Waals surface area contributed by atoms with Gasteiger partial charge in [0.25, 0.3) is 0 Å². The third kappa shape index (κ3) is 4.64. The van der Waals surface area contributed by atoms with E-state index in [0.29, 0.717) is 0 Å². The SMILES string of the molecule is [2H]c1c([2H])c([2H])c(-c2ccc3c(-c4c5c([2H])c([2H])c([2H])c([2H])c5c(-c5c([2H])c([2H])c([2H])c([2H])c5[2H])c5c([2H])c([2H])c([2H])c([2H])c45)c(-c4c([2H])c([2H])c([2H])c(-c5c([2H])c([2H])c([2H])c([2H])c5[2H])c4[2H])oc3c2)c([2H])c1[2H]. The van der Waals surface area contributed by atoms with Crippen LogP contribution >= 0.6 is 0 Å². The van der Waals surface area contributed by atoms with Gasteiger partial charge in [-0.2, -0.15) is 0 Å². The maximum atomic E-state index is 9.71. The van der Waals surface area contributed by atoms with Gasteiger partial charge in [0, 0.05) is 22.1 Å². The Labute approximate surface area is 311 Å². The van der Waals surface area contributed by atoms with E-state index in [1.807, 2.05) is 0 Å². The lowest BCUT2D eigenvalue weighted by atomic mass is 9.84. The van der Waals surface area contributed by atoms with Crippen LogP contribution in [0.2, 0.25) is 0 Å². The maximum absolute atomic E-state index is 9.71. The second kappa shape index (κ2) is 11.3. The standard InChI is InChI=1S/C46H30O/c1-4-15-31(16-5-1)34-21-14-22-36(29-34)46-45(41-28-27-35(30-42(41)47-46)32-17-6-2-7-18-32)44-39-25-12-10-23-37(39)43(33-19-8-3-9-20-33)38-24-11-13-26-40(38)44/h1-30H/i1D,2D,3D,4D,5D,6D,7D,8D,9D,10D,11D,12D,13D,14D,15D,16D,17D,18D,19D,20D,21D,22D,23D,24D,25D,26D,29D. The fourth-order valence-electron chi connectivity index (χ4n) is 5.53. The van der Waals surface area contributed by atoms with Gasteiger partial charge < -0.3 is 4.42 Å². The summed E-state index contributed by atoms with van der Waals surface area (Å²) < 4.78 is 246. The smallest absolute Gasteiger partial charge is 0.143 e. The van der Waals surface area contributed by atoms with Crippen LogP contribution in [-0.4, -0.2) is 0 Å². The van der Waals surface area contributed by atoms with E-state index >= 15 is 0 Å². The van der Waals surface area contributed by atoms with Crippen molar-refractivity contribution < 1.29 is 41.4 Å². The predicted octanol–water partition coefficient (Wildman–Crippen LogP) is 13.1. The first kappa shape index (κ1) is 11.3. The van der Waals surface area contributed by atoms with Crippen molar-refractivity contribution in [2.75, 3.05) is 0 Å². The Kier molecular flexibility index (Phi) is 2.71. The molecule has 0 saturated heterocycles. The van der Waals surface area contributed by atoms with Crippen molar-refractivity contribution in [2.45, 2.75) is 0 Å². The summed E-state index contributed by atoms with van der Waals surface area (Å²) in [6, 6.07) is -20.3. The van der Waals surface area contributed by atoms with Crippen LogP contribution in [0.25, 0.3) is 88.3 Å². The molecule has 0 atom stereocenters. The molecule has 0 radical (unpaired) electrons. The van der Waals surface area contributed by atoms with Gasteiger partial charge in [-0.3, -0.25) is 0 Å². The van der Waals surface area contributed by atoms with E-state index < -0.39 is 229 Å². The number of rotatable bonds is 5. The van der Waals surface area contributed by atoms with Crippen LogP contribution in [0.4, 0.5) is 0 Å². The minimum absolute atomic E-state index is 0.101. The van der Waals surface area contributed by atoms with Crippen molar-refractivity contribution in [3.05, 3.63) is 181 Å². The number of benzene rings is 8. The van der Waals surface area contributed by atoms with Crippen molar-refractivity contribution >= 4 is 32.5 Å². The number of furan rings is 1. The lowest BCUT2D eigenvalue weighted by Crippen LogP contribution is -1.91. The van der Waals surface area contributed by atoms with Crippen molar-refractivity contribution in [1.29, 1.82) is 0 Å². The molecular weight excluding hydrogens is 569 g/mol. The Bertz CT molecular complexity index is 3930. The molecule has 0 fully saturated rings. The summed E-state index contributed by atoms with van der Waals surface area (Å²) in [5.74, 6) is -0.728. The topological polar surface area (TPSA) is 13.1 Å². The highest BCUT2D eigenvalue weighted by atomic mass is 16.3. The van der Waals surface area contributed by atoms with Crippen LogP contribution in [0.3, 0.4) is 0 Å². The van der Waals surface area contributed by atoms with Crippen LogP contribution in [-0.2, 0) is 0 Å². The Balaban J connectivity index is 1.62. The summed E-state index contributed by atoms with van der Waals surface area (Å²) in [7, 11) is 0. The van der Waals surface area contributed by atoms with Gasteiger partial charge in [-0.15, -0.1) is 0 Å². The molecule has 1 heterocycles. The predicted molar refractivity (Wildman–Crippen MR) is 198 cm³/mol. The molecule has 220 valence electrons. The Morgan fingerprint density at radius 1 is 0.340 bits per heavy atom. The van der Waals surface area contributed by atoms with Crippen molar-refractivity contribution in [3.8, 4) is 55.8 Å². The van der Waals surface area contributed by atoms with E-state index in [1.54, 1.807) is 0 Å². The first-order chi connectivity index (χ1) is 34.5. The second-order valence-corrected chi connectivity index (χ2v) is 10.0. The lowest BCUT2D eigenvalue weighted by molar-refractivity contribution is 0.632. The molecule has 0 amide bonds. The van der Waals surface area contributed by atoms with Crippen molar-refractivity contribution in [1.82, 2.24) is 0 Å². The third-order valence-corrected chi connectivity index (χ3v) is 7.46. The van der Waals surface area contributed by atoms with E-state index in [0.717, 1.165) is 6.07 Å². The summed E-state index contributed by atoms with van der Waals surface area (Å²) in [6.45, 7) is 0. The summed E-state index contributed by atoms with van der Waals surface area (Å²) in [5.41, 5.74) is -5.54. The van der Waals surface area contributed by atoms with E-state index in [9.17, 15) is 8.22 Å². The Hall–Kier alpha value is -6.18. The Morgan fingerprint density at radius 2 is 0.809 bits per heavy atom. The molecule has 47 heavy (non-hydrogen) atoms. The molecular formula is C46H30O. The summed E-state index contributed by atoms with van der Waals surface area (Å²) in [6.07, 6.45) is 0. The largest absolute Gasteiger partial charge is 0.455 e. The van der Waals surface area contributed by atoms with Gasteiger partial charge in [-0.05, 0) is 73.1 Å². The highest BCUT2D eigenvalue weighted by molar-refractivity contribution is 6.25. The summed E-state index contributed by atoms with van der Waals surface area (Å²) in [5, 5.41) is -2.78. The highest BCUT2D eigenvalue weighted by Gasteiger charge is 2.24. The quantitative estimate of drug-likeness (QED) is 0.173. The van der Waals surface area contributed by atoms with E-state index in [-0.39, 0.29) is 22.1 Å². The van der Waals surface area contributed by atoms with Gasteiger partial charge in [0.15, 0.2) is 0 Å². The van der Waals surface area contributed by atoms with E-state index in [2.05, 4.69) is 0 Å². The van der Waals surface area contributed by atoms with Crippen LogP contribution in [0.5, 0.6) is 0 Å². The van der Waals surface area contributed by atoms with Crippen LogP contribution < -0.4 is 0 Å². The first-order valence-corrected chi connectivity index (χ1v) is 13.9. The van der Waals surface area contributed by atoms with Gasteiger partial charge in [-0.1, -0.05) is 163 Å². The lowest BCUT2D eigenvalue weighted by Gasteiger charge is -2.18. The van der Waals surface area contributed by atoms with Gasteiger partial charge in [0.05, 0.1) is 37.0 Å². The minimum atomic E-state index is -1.00. The fourth-order valence-corrected chi connectivity index (χ4v) is 5.53. The summed E-state index contributed by atoms with van der Waals surface area (Å²) in [4.78, 5) is 0. The monoisotopic (exact) mass is 625 g/mol. The molecule has 9 aromatic rings. The molecule has 0 spiro atoms. The fraction of sp³-hybridized carbons (Fsp3) is 0. The zero-order valence-electron chi connectivity index (χ0n) is 50.6. The highest BCUT2D eigenvalue weighted by Crippen LogP contribution is 2.50.